The van der Waals surface area contributed by atoms with Crippen LogP contribution in [0.4, 0.5) is 0 Å². The van der Waals surface area contributed by atoms with Crippen molar-refractivity contribution in [1.82, 2.24) is 4.90 Å². The van der Waals surface area contributed by atoms with Crippen molar-refractivity contribution < 1.29 is 17.6 Å². The number of benzene rings is 1. The number of fused-ring (bicyclic) bond motifs is 1. The van der Waals surface area contributed by atoms with E-state index in [-0.39, 0.29) is 23.8 Å². The molecule has 2 aromatic rings. The van der Waals surface area contributed by atoms with Crippen molar-refractivity contribution >= 4 is 26.6 Å². The molecule has 21 heavy (non-hydrogen) atoms. The number of nitrogens with zero attached hydrogens (tertiary/aromatic N) is 1. The number of para-hydroxylation sites is 1. The predicted molar refractivity (Wildman–Crippen MR) is 80.3 cm³/mol. The highest BCUT2D eigenvalue weighted by Gasteiger charge is 2.22. The Morgan fingerprint density at radius 1 is 1.19 bits per heavy atom. The molecule has 0 N–H and O–H groups in total. The minimum atomic E-state index is -2.95. The van der Waals surface area contributed by atoms with Crippen molar-refractivity contribution in [2.75, 3.05) is 31.1 Å². The standard InChI is InChI=1S/C15H17NO4S/c17-14(10-16-6-3-8-21(18,19)9-7-16)13-11-20-15-5-2-1-4-12(13)15/h1-2,4-5,11H,3,6-10H2. The van der Waals surface area contributed by atoms with Gasteiger partial charge in [0, 0.05) is 11.9 Å². The van der Waals surface area contributed by atoms with Crippen molar-refractivity contribution in [2.24, 2.45) is 0 Å². The maximum Gasteiger partial charge on any atom is 0.180 e. The van der Waals surface area contributed by atoms with Gasteiger partial charge in [-0.15, -0.1) is 0 Å². The normalized spacial score (nSPS) is 19.4. The van der Waals surface area contributed by atoms with Crippen LogP contribution in [0.2, 0.25) is 0 Å². The molecule has 1 aliphatic heterocycles. The molecule has 0 unspecified atom stereocenters. The van der Waals surface area contributed by atoms with E-state index in [1.54, 1.807) is 0 Å². The first-order chi connectivity index (χ1) is 10.1. The van der Waals surface area contributed by atoms with Crippen molar-refractivity contribution in [3.05, 3.63) is 36.1 Å². The molecule has 1 aromatic carbocycles. The molecular formula is C15H17NO4S. The molecule has 5 nitrogen and oxygen atoms in total. The van der Waals surface area contributed by atoms with E-state index in [1.165, 1.54) is 6.26 Å². The highest BCUT2D eigenvalue weighted by atomic mass is 32.2. The summed E-state index contributed by atoms with van der Waals surface area (Å²) in [5, 5.41) is 0.810. The molecular weight excluding hydrogens is 290 g/mol. The molecule has 1 fully saturated rings. The molecule has 0 saturated carbocycles. The molecule has 0 aliphatic carbocycles. The second-order valence-electron chi connectivity index (χ2n) is 5.35. The minimum absolute atomic E-state index is 0.0285. The topological polar surface area (TPSA) is 67.6 Å². The van der Waals surface area contributed by atoms with Gasteiger partial charge in [-0.25, -0.2) is 8.42 Å². The molecule has 1 aliphatic rings. The average Bonchev–Trinajstić information content (AvgIpc) is 2.81. The zero-order valence-electron chi connectivity index (χ0n) is 11.6. The summed E-state index contributed by atoms with van der Waals surface area (Å²) in [4.78, 5) is 14.3. The van der Waals surface area contributed by atoms with E-state index in [1.807, 2.05) is 29.2 Å². The Morgan fingerprint density at radius 3 is 2.86 bits per heavy atom. The minimum Gasteiger partial charge on any atom is -0.464 e. The SMILES string of the molecule is O=C(CN1CCCS(=O)(=O)CC1)c1coc2ccccc12. The molecule has 0 amide bonds. The summed E-state index contributed by atoms with van der Waals surface area (Å²) in [7, 11) is -2.95. The van der Waals surface area contributed by atoms with Crippen LogP contribution in [-0.2, 0) is 9.84 Å². The van der Waals surface area contributed by atoms with Crippen molar-refractivity contribution in [3.63, 3.8) is 0 Å². The summed E-state index contributed by atoms with van der Waals surface area (Å²) in [5.74, 6) is 0.318. The van der Waals surface area contributed by atoms with Gasteiger partial charge in [-0.3, -0.25) is 9.69 Å². The van der Waals surface area contributed by atoms with Crippen molar-refractivity contribution in [3.8, 4) is 0 Å². The number of ketones is 1. The second kappa shape index (κ2) is 5.61. The maximum atomic E-state index is 12.4. The highest BCUT2D eigenvalue weighted by Crippen LogP contribution is 2.21. The molecule has 0 atom stereocenters. The zero-order chi connectivity index (χ0) is 14.9. The van der Waals surface area contributed by atoms with Crippen LogP contribution in [0.1, 0.15) is 16.8 Å². The van der Waals surface area contributed by atoms with Crippen LogP contribution < -0.4 is 0 Å². The maximum absolute atomic E-state index is 12.4. The Kier molecular flexibility index (Phi) is 3.82. The fourth-order valence-corrected chi connectivity index (χ4v) is 3.94. The first-order valence-electron chi connectivity index (χ1n) is 6.97. The Bertz CT molecular complexity index is 763. The Hall–Kier alpha value is -1.66. The second-order valence-corrected chi connectivity index (χ2v) is 7.65. The molecule has 1 saturated heterocycles. The van der Waals surface area contributed by atoms with Gasteiger partial charge in [-0.1, -0.05) is 18.2 Å². The first-order valence-corrected chi connectivity index (χ1v) is 8.79. The third-order valence-electron chi connectivity index (χ3n) is 3.80. The summed E-state index contributed by atoms with van der Waals surface area (Å²) >= 11 is 0. The van der Waals surface area contributed by atoms with Gasteiger partial charge in [0.25, 0.3) is 0 Å². The van der Waals surface area contributed by atoms with Crippen LogP contribution in [0.15, 0.2) is 34.9 Å². The van der Waals surface area contributed by atoms with Crippen LogP contribution in [-0.4, -0.2) is 50.2 Å². The quantitative estimate of drug-likeness (QED) is 0.808. The lowest BCUT2D eigenvalue weighted by Gasteiger charge is -2.17. The smallest absolute Gasteiger partial charge is 0.180 e. The zero-order valence-corrected chi connectivity index (χ0v) is 12.4. The van der Waals surface area contributed by atoms with Gasteiger partial charge in [-0.05, 0) is 19.0 Å². The highest BCUT2D eigenvalue weighted by molar-refractivity contribution is 7.91. The van der Waals surface area contributed by atoms with Crippen LogP contribution in [0.5, 0.6) is 0 Å². The van der Waals surface area contributed by atoms with Gasteiger partial charge in [0.1, 0.15) is 11.8 Å². The number of furan rings is 1. The first kappa shape index (κ1) is 14.3. The number of hydrogen-bond acceptors (Lipinski definition) is 5. The monoisotopic (exact) mass is 307 g/mol. The van der Waals surface area contributed by atoms with Crippen LogP contribution in [0, 0.1) is 0 Å². The largest absolute Gasteiger partial charge is 0.464 e. The van der Waals surface area contributed by atoms with E-state index in [9.17, 15) is 13.2 Å². The van der Waals surface area contributed by atoms with Gasteiger partial charge in [0.05, 0.1) is 23.6 Å². The lowest BCUT2D eigenvalue weighted by molar-refractivity contribution is 0.0936. The van der Waals surface area contributed by atoms with Crippen LogP contribution in [0.25, 0.3) is 11.0 Å². The van der Waals surface area contributed by atoms with E-state index >= 15 is 0 Å². The summed E-state index contributed by atoms with van der Waals surface area (Å²) in [6.45, 7) is 1.30. The molecule has 0 spiro atoms. The van der Waals surface area contributed by atoms with E-state index in [0.717, 1.165) is 5.39 Å². The third-order valence-corrected chi connectivity index (χ3v) is 5.51. The lowest BCUT2D eigenvalue weighted by Crippen LogP contribution is -2.32. The number of sulfone groups is 1. The number of carbonyl (C=O) groups is 1. The average molecular weight is 307 g/mol. The molecule has 112 valence electrons. The van der Waals surface area contributed by atoms with Gasteiger partial charge >= 0.3 is 0 Å². The predicted octanol–water partition coefficient (Wildman–Crippen LogP) is 1.74. The van der Waals surface area contributed by atoms with Gasteiger partial charge < -0.3 is 4.42 Å². The molecule has 2 heterocycles. The fraction of sp³-hybridized carbons (Fsp3) is 0.400. The lowest BCUT2D eigenvalue weighted by atomic mass is 10.1. The van der Waals surface area contributed by atoms with E-state index in [4.69, 9.17) is 4.42 Å². The summed E-state index contributed by atoms with van der Waals surface area (Å²) < 4.78 is 28.5. The number of Topliss-reactive ketones (excluding diaryl/α,β-unsaturated/α-hetero) is 1. The van der Waals surface area contributed by atoms with Crippen LogP contribution >= 0.6 is 0 Å². The van der Waals surface area contributed by atoms with Crippen LogP contribution in [0.3, 0.4) is 0 Å². The van der Waals surface area contributed by atoms with Crippen molar-refractivity contribution in [1.29, 1.82) is 0 Å². The number of rotatable bonds is 3. The number of hydrogen-bond donors (Lipinski definition) is 0. The Morgan fingerprint density at radius 2 is 2.00 bits per heavy atom. The van der Waals surface area contributed by atoms with Crippen molar-refractivity contribution in [2.45, 2.75) is 6.42 Å². The summed E-state index contributed by atoms with van der Waals surface area (Å²) in [5.41, 5.74) is 1.26. The molecule has 6 heteroatoms. The summed E-state index contributed by atoms with van der Waals surface area (Å²) in [6, 6.07) is 7.41. The number of carbonyl (C=O) groups excluding carboxylic acids is 1. The van der Waals surface area contributed by atoms with Gasteiger partial charge in [0.15, 0.2) is 15.6 Å². The Balaban J connectivity index is 1.74. The van der Waals surface area contributed by atoms with E-state index in [0.29, 0.717) is 30.7 Å². The Labute approximate surface area is 123 Å². The fourth-order valence-electron chi connectivity index (χ4n) is 2.63. The molecule has 0 radical (unpaired) electrons. The van der Waals surface area contributed by atoms with E-state index < -0.39 is 9.84 Å². The molecule has 1 aromatic heterocycles. The van der Waals surface area contributed by atoms with E-state index in [2.05, 4.69) is 0 Å². The summed E-state index contributed by atoms with van der Waals surface area (Å²) in [6.07, 6.45) is 2.07. The third kappa shape index (κ3) is 3.16. The van der Waals surface area contributed by atoms with Gasteiger partial charge in [-0.2, -0.15) is 0 Å². The molecule has 0 bridgehead atoms. The van der Waals surface area contributed by atoms with Gasteiger partial charge in [0.2, 0.25) is 0 Å². The molecule has 3 rings (SSSR count).